The van der Waals surface area contributed by atoms with Gasteiger partial charge in [0.05, 0.1) is 17.7 Å². The molecule has 1 aromatic carbocycles. The summed E-state index contributed by atoms with van der Waals surface area (Å²) in [5.74, 6) is 0.717. The monoisotopic (exact) mass is 340 g/mol. The quantitative estimate of drug-likeness (QED) is 0.707. The molecule has 0 spiro atoms. The van der Waals surface area contributed by atoms with Crippen LogP contribution in [0.4, 0.5) is 0 Å². The number of halogens is 1. The molecule has 2 aromatic rings. The summed E-state index contributed by atoms with van der Waals surface area (Å²) in [6.45, 7) is 4.34. The van der Waals surface area contributed by atoms with E-state index in [1.165, 1.54) is 0 Å². The van der Waals surface area contributed by atoms with Crippen LogP contribution in [0.2, 0.25) is 0 Å². The number of nitrogens with one attached hydrogen (secondary N) is 2. The molecule has 8 heteroatoms. The minimum atomic E-state index is -0.167. The highest BCUT2D eigenvalue weighted by molar-refractivity contribution is 5.99. The van der Waals surface area contributed by atoms with Gasteiger partial charge in [-0.2, -0.15) is 4.98 Å². The van der Waals surface area contributed by atoms with Crippen LogP contribution in [0, 0.1) is 6.92 Å². The fourth-order valence-electron chi connectivity index (χ4n) is 1.93. The van der Waals surface area contributed by atoms with Crippen molar-refractivity contribution in [2.45, 2.75) is 6.92 Å². The van der Waals surface area contributed by atoms with Crippen LogP contribution < -0.4 is 10.6 Å². The molecule has 0 aliphatic carbocycles. The molecular weight excluding hydrogens is 320 g/mol. The minimum Gasteiger partial charge on any atom is -0.383 e. The van der Waals surface area contributed by atoms with E-state index < -0.39 is 0 Å². The molecule has 0 bridgehead atoms. The van der Waals surface area contributed by atoms with Gasteiger partial charge in [0.15, 0.2) is 5.82 Å². The van der Waals surface area contributed by atoms with Gasteiger partial charge in [0.25, 0.3) is 11.8 Å². The Kier molecular flexibility index (Phi) is 8.25. The highest BCUT2D eigenvalue weighted by atomic mass is 35.5. The van der Waals surface area contributed by atoms with Gasteiger partial charge in [0, 0.05) is 26.7 Å². The largest absolute Gasteiger partial charge is 0.383 e. The van der Waals surface area contributed by atoms with Gasteiger partial charge in [-0.15, -0.1) is 12.4 Å². The first-order valence-electron chi connectivity index (χ1n) is 7.10. The van der Waals surface area contributed by atoms with Crippen molar-refractivity contribution < 1.29 is 14.1 Å². The van der Waals surface area contributed by atoms with Gasteiger partial charge >= 0.3 is 0 Å². The Bertz CT molecular complexity index is 618. The molecule has 2 rings (SSSR count). The molecule has 7 nitrogen and oxygen atoms in total. The number of nitrogens with zero attached hydrogens (tertiary/aromatic N) is 2. The zero-order valence-electron chi connectivity index (χ0n) is 13.2. The number of rotatable bonds is 8. The number of methoxy groups -OCH3 is 1. The zero-order chi connectivity index (χ0) is 15.8. The highest BCUT2D eigenvalue weighted by Gasteiger charge is 2.16. The number of hydrogen-bond acceptors (Lipinski definition) is 6. The smallest absolute Gasteiger partial charge is 0.258 e. The lowest BCUT2D eigenvalue weighted by Crippen LogP contribution is -2.33. The second-order valence-corrected chi connectivity index (χ2v) is 4.69. The number of aromatic nitrogens is 2. The van der Waals surface area contributed by atoms with Crippen LogP contribution in [-0.4, -0.2) is 49.4 Å². The van der Waals surface area contributed by atoms with Crippen molar-refractivity contribution in [2.75, 3.05) is 33.4 Å². The van der Waals surface area contributed by atoms with E-state index in [4.69, 9.17) is 9.26 Å². The van der Waals surface area contributed by atoms with Crippen molar-refractivity contribution in [3.63, 3.8) is 0 Å². The molecule has 0 aliphatic rings. The molecule has 0 atom stereocenters. The normalized spacial score (nSPS) is 10.2. The van der Waals surface area contributed by atoms with Crippen molar-refractivity contribution in [2.24, 2.45) is 0 Å². The van der Waals surface area contributed by atoms with Gasteiger partial charge in [0.1, 0.15) is 0 Å². The minimum absolute atomic E-state index is 0. The summed E-state index contributed by atoms with van der Waals surface area (Å²) < 4.78 is 10.1. The number of benzene rings is 1. The van der Waals surface area contributed by atoms with Crippen molar-refractivity contribution in [1.29, 1.82) is 0 Å². The van der Waals surface area contributed by atoms with Crippen LogP contribution >= 0.6 is 12.4 Å². The first kappa shape index (κ1) is 19.1. The van der Waals surface area contributed by atoms with Crippen LogP contribution in [-0.2, 0) is 4.74 Å². The fraction of sp³-hybridized carbons (Fsp3) is 0.400. The Morgan fingerprint density at radius 3 is 2.74 bits per heavy atom. The van der Waals surface area contributed by atoms with Crippen LogP contribution in [0.1, 0.15) is 16.2 Å². The predicted molar refractivity (Wildman–Crippen MR) is 88.8 cm³/mol. The van der Waals surface area contributed by atoms with E-state index >= 15 is 0 Å². The number of amides is 1. The van der Waals surface area contributed by atoms with Gasteiger partial charge in [-0.3, -0.25) is 4.79 Å². The van der Waals surface area contributed by atoms with Gasteiger partial charge in [-0.25, -0.2) is 0 Å². The van der Waals surface area contributed by atoms with E-state index in [2.05, 4.69) is 20.8 Å². The molecule has 0 aliphatic heterocycles. The van der Waals surface area contributed by atoms with Crippen molar-refractivity contribution in [1.82, 2.24) is 20.8 Å². The molecule has 2 N–H and O–H groups in total. The SMILES string of the molecule is COCCNCCNC(=O)c1ccccc1-c1nc(C)no1.Cl. The molecule has 23 heavy (non-hydrogen) atoms. The average Bonchev–Trinajstić information content (AvgIpc) is 2.97. The van der Waals surface area contributed by atoms with Crippen LogP contribution in [0.3, 0.4) is 0 Å². The molecule has 0 saturated heterocycles. The molecule has 1 heterocycles. The van der Waals surface area contributed by atoms with E-state index in [0.29, 0.717) is 42.5 Å². The summed E-state index contributed by atoms with van der Waals surface area (Å²) in [5.41, 5.74) is 1.15. The number of hydrogen-bond donors (Lipinski definition) is 2. The van der Waals surface area contributed by atoms with Gasteiger partial charge in [0.2, 0.25) is 0 Å². The van der Waals surface area contributed by atoms with E-state index in [9.17, 15) is 4.79 Å². The lowest BCUT2D eigenvalue weighted by atomic mass is 10.1. The third-order valence-electron chi connectivity index (χ3n) is 3.00. The van der Waals surface area contributed by atoms with Crippen molar-refractivity contribution in [3.05, 3.63) is 35.7 Å². The predicted octanol–water partition coefficient (Wildman–Crippen LogP) is 1.43. The van der Waals surface area contributed by atoms with E-state index in [1.54, 1.807) is 32.2 Å². The summed E-state index contributed by atoms with van der Waals surface area (Å²) in [6.07, 6.45) is 0. The molecule has 1 aromatic heterocycles. The van der Waals surface area contributed by atoms with Gasteiger partial charge in [-0.05, 0) is 19.1 Å². The average molecular weight is 341 g/mol. The fourth-order valence-corrected chi connectivity index (χ4v) is 1.93. The summed E-state index contributed by atoms with van der Waals surface area (Å²) in [5, 5.41) is 9.78. The summed E-state index contributed by atoms with van der Waals surface area (Å²) in [6, 6.07) is 7.16. The Hall–Kier alpha value is -1.96. The molecule has 0 saturated carbocycles. The zero-order valence-corrected chi connectivity index (χ0v) is 14.0. The standard InChI is InChI=1S/C15H20N4O3.ClH/c1-11-18-15(22-19-11)13-6-4-3-5-12(13)14(20)17-8-7-16-9-10-21-2;/h3-6,16H,7-10H2,1-2H3,(H,17,20);1H. The third kappa shape index (κ3) is 5.63. The van der Waals surface area contributed by atoms with Crippen LogP contribution in [0.25, 0.3) is 11.5 Å². The number of ether oxygens (including phenoxy) is 1. The lowest BCUT2D eigenvalue weighted by Gasteiger charge is -2.08. The molecule has 0 fully saturated rings. The maximum atomic E-state index is 12.3. The Morgan fingerprint density at radius 2 is 2.04 bits per heavy atom. The molecule has 126 valence electrons. The van der Waals surface area contributed by atoms with E-state index in [0.717, 1.165) is 6.54 Å². The Labute approximate surface area is 141 Å². The summed E-state index contributed by atoms with van der Waals surface area (Å²) in [7, 11) is 1.65. The van der Waals surface area contributed by atoms with Crippen molar-refractivity contribution in [3.8, 4) is 11.5 Å². The Morgan fingerprint density at radius 1 is 1.26 bits per heavy atom. The molecule has 0 radical (unpaired) electrons. The van der Waals surface area contributed by atoms with Gasteiger partial charge in [-0.1, -0.05) is 17.3 Å². The first-order chi connectivity index (χ1) is 10.7. The molecule has 0 unspecified atom stereocenters. The maximum absolute atomic E-state index is 12.3. The van der Waals surface area contributed by atoms with Crippen LogP contribution in [0.15, 0.2) is 28.8 Å². The summed E-state index contributed by atoms with van der Waals surface area (Å²) >= 11 is 0. The number of carbonyl (C=O) groups is 1. The number of aryl methyl sites for hydroxylation is 1. The van der Waals surface area contributed by atoms with Crippen molar-refractivity contribution >= 4 is 18.3 Å². The second kappa shape index (κ2) is 9.94. The summed E-state index contributed by atoms with van der Waals surface area (Å²) in [4.78, 5) is 16.5. The first-order valence-corrected chi connectivity index (χ1v) is 7.10. The molecular formula is C15H21ClN4O3. The third-order valence-corrected chi connectivity index (χ3v) is 3.00. The Balaban J connectivity index is 0.00000264. The number of carbonyl (C=O) groups excluding carboxylic acids is 1. The maximum Gasteiger partial charge on any atom is 0.258 e. The van der Waals surface area contributed by atoms with E-state index in [1.807, 2.05) is 6.07 Å². The van der Waals surface area contributed by atoms with Crippen LogP contribution in [0.5, 0.6) is 0 Å². The van der Waals surface area contributed by atoms with E-state index in [-0.39, 0.29) is 18.3 Å². The highest BCUT2D eigenvalue weighted by Crippen LogP contribution is 2.21. The second-order valence-electron chi connectivity index (χ2n) is 4.69. The molecule has 1 amide bonds. The van der Waals surface area contributed by atoms with Gasteiger partial charge < -0.3 is 19.9 Å². The lowest BCUT2D eigenvalue weighted by molar-refractivity contribution is 0.0954. The topological polar surface area (TPSA) is 89.3 Å².